The highest BCUT2D eigenvalue weighted by Crippen LogP contribution is 2.70. The second kappa shape index (κ2) is 24.6. The van der Waals surface area contributed by atoms with Crippen LogP contribution in [0, 0.1) is 51.8 Å². The van der Waals surface area contributed by atoms with Crippen LogP contribution >= 0.6 is 0 Å². The first-order valence-electron chi connectivity index (χ1n) is 31.0. The maximum Gasteiger partial charge on any atom is 0.407 e. The van der Waals surface area contributed by atoms with Gasteiger partial charge in [-0.05, 0) is 147 Å². The highest BCUT2D eigenvalue weighted by molar-refractivity contribution is 6.01. The van der Waals surface area contributed by atoms with E-state index in [0.717, 1.165) is 67.2 Å². The molecular formula is C70H75N5O14. The Morgan fingerprint density at radius 1 is 0.831 bits per heavy atom. The van der Waals surface area contributed by atoms with Crippen molar-refractivity contribution < 1.29 is 67.9 Å². The van der Waals surface area contributed by atoms with Crippen LogP contribution in [0.5, 0.6) is 0 Å². The highest BCUT2D eigenvalue weighted by atomic mass is 16.7. The first-order chi connectivity index (χ1) is 42.7. The topological polar surface area (TPSA) is 276 Å². The van der Waals surface area contributed by atoms with Gasteiger partial charge >= 0.3 is 12.1 Å². The van der Waals surface area contributed by atoms with E-state index in [4.69, 9.17) is 14.2 Å². The number of aliphatic carboxylic acids is 1. The molecule has 0 radical (unpaired) electrons. The zero-order chi connectivity index (χ0) is 62.4. The van der Waals surface area contributed by atoms with E-state index in [1.807, 2.05) is 67.6 Å². The van der Waals surface area contributed by atoms with Crippen molar-refractivity contribution in [3.8, 4) is 11.8 Å². The Morgan fingerprint density at radius 2 is 1.55 bits per heavy atom. The second-order valence-electron chi connectivity index (χ2n) is 26.3. The van der Waals surface area contributed by atoms with Gasteiger partial charge in [-0.2, -0.15) is 0 Å². The normalized spacial score (nSPS) is 30.2. The molecule has 8 aliphatic rings. The summed E-state index contributed by atoms with van der Waals surface area (Å²) in [5, 5.41) is 42.5. The van der Waals surface area contributed by atoms with Crippen LogP contribution in [0.25, 0.3) is 0 Å². The van der Waals surface area contributed by atoms with E-state index in [-0.39, 0.29) is 73.3 Å². The third kappa shape index (κ3) is 12.0. The molecule has 89 heavy (non-hydrogen) atoms. The molecular weight excluding hydrogens is 1130 g/mol. The lowest BCUT2D eigenvalue weighted by Crippen LogP contribution is -2.63. The van der Waals surface area contributed by atoms with Crippen LogP contribution < -0.4 is 26.2 Å². The summed E-state index contributed by atoms with van der Waals surface area (Å²) >= 11 is 0. The third-order valence-corrected chi connectivity index (χ3v) is 20.8. The molecule has 6 aliphatic carbocycles. The summed E-state index contributed by atoms with van der Waals surface area (Å²) in [5.74, 6) is 2.88. The number of carboxylic acid groups (broad SMARTS) is 1. The average Bonchev–Trinajstić information content (AvgIpc) is 1.55. The van der Waals surface area contributed by atoms with E-state index < -0.39 is 96.1 Å². The molecule has 6 fully saturated rings. The summed E-state index contributed by atoms with van der Waals surface area (Å²) in [5.41, 5.74) is 4.52. The molecule has 7 N–H and O–H groups in total. The van der Waals surface area contributed by atoms with Crippen molar-refractivity contribution in [2.75, 3.05) is 23.4 Å². The Balaban J connectivity index is 0.555. The fourth-order valence-electron chi connectivity index (χ4n) is 16.6. The van der Waals surface area contributed by atoms with Gasteiger partial charge in [-0.15, -0.1) is 0 Å². The quantitative estimate of drug-likeness (QED) is 0.0450. The largest absolute Gasteiger partial charge is 0.481 e. The van der Waals surface area contributed by atoms with Crippen LogP contribution in [0.1, 0.15) is 131 Å². The molecule has 10 atom stereocenters. The number of carbonyl (C=O) groups excluding carboxylic acids is 7. The van der Waals surface area contributed by atoms with Crippen molar-refractivity contribution in [3.05, 3.63) is 154 Å². The maximum absolute atomic E-state index is 14.0. The van der Waals surface area contributed by atoms with Gasteiger partial charge in [0.15, 0.2) is 23.5 Å². The Kier molecular flexibility index (Phi) is 16.9. The number of aliphatic hydroxyl groups excluding tert-OH is 2. The number of ketones is 2. The van der Waals surface area contributed by atoms with Gasteiger partial charge < -0.3 is 55.7 Å². The van der Waals surface area contributed by atoms with E-state index >= 15 is 0 Å². The number of carbonyl (C=O) groups is 8. The standard InChI is InChI=1S/C70H75N5O14/c1-67-28-27-51(77)30-48(67)19-22-52-53-31-58-70(57(79)39-76,68(53,2)36-56(78)63(52)67)89-65(88-58)46-15-11-41(12-16-46)29-43-32-69(33-43)34-50(35-69)73-66(86)87-40-42-13-20-49(21-14-42)72-64(85)54(23-26-62(83)84)74-60(81)37-71-59(80)24-25-61(82)75-38-47-9-4-3-7-44(47)17-18-45-8-5-6-10-55(45)75/h3-16,20-21,27-28,30,43,50,52-54,56,58,63,65,76,78H,19,22-26,29,31-40H2,1-2H3,(H,71,80)(H,72,85)(H,73,86)(H,74,81)(H,83,84)/t43?,50?,52-,53-,54-,56-,58+,63+,65?,67-,68-,69?,70+/m0/s1. The monoisotopic (exact) mass is 1210 g/mol. The molecule has 1 unspecified atom stereocenters. The highest BCUT2D eigenvalue weighted by Gasteiger charge is 2.76. The van der Waals surface area contributed by atoms with E-state index in [2.05, 4.69) is 52.2 Å². The molecule has 2 heterocycles. The molecule has 2 aliphatic heterocycles. The molecule has 464 valence electrons. The number of anilines is 2. The van der Waals surface area contributed by atoms with Crippen LogP contribution in [0.4, 0.5) is 16.2 Å². The second-order valence-corrected chi connectivity index (χ2v) is 26.3. The van der Waals surface area contributed by atoms with Crippen LogP contribution in [0.15, 0.2) is 121 Å². The number of ether oxygens (including phenoxy) is 3. The number of para-hydroxylation sites is 1. The molecule has 4 aromatic rings. The van der Waals surface area contributed by atoms with Crippen LogP contribution in [0.3, 0.4) is 0 Å². The molecule has 0 bridgehead atoms. The van der Waals surface area contributed by atoms with Gasteiger partial charge in [0.05, 0.1) is 31.0 Å². The predicted molar refractivity (Wildman–Crippen MR) is 325 cm³/mol. The van der Waals surface area contributed by atoms with Crippen molar-refractivity contribution in [1.82, 2.24) is 16.0 Å². The summed E-state index contributed by atoms with van der Waals surface area (Å²) in [6.45, 7) is 3.18. The number of Topliss-reactive ketones (excluding diaryl/α,β-unsaturated/α-hetero) is 1. The summed E-state index contributed by atoms with van der Waals surface area (Å²) < 4.78 is 19.0. The van der Waals surface area contributed by atoms with E-state index in [1.165, 1.54) is 5.56 Å². The van der Waals surface area contributed by atoms with Gasteiger partial charge in [0.25, 0.3) is 0 Å². The van der Waals surface area contributed by atoms with E-state index in [0.29, 0.717) is 41.3 Å². The summed E-state index contributed by atoms with van der Waals surface area (Å²) in [7, 11) is 0. The number of nitrogens with one attached hydrogen (secondary N) is 4. The maximum atomic E-state index is 14.0. The fourth-order valence-corrected chi connectivity index (χ4v) is 16.6. The summed E-state index contributed by atoms with van der Waals surface area (Å²) in [6, 6.07) is 28.2. The van der Waals surface area contributed by atoms with Crippen LogP contribution in [-0.4, -0.2) is 106 Å². The lowest BCUT2D eigenvalue weighted by atomic mass is 9.46. The SMILES string of the molecule is C[C@]12C=CC(=O)C=C1CC[C@@H]1[C@@H]2[C@@H](O)C[C@@]2(C)[C@H]1C[C@H]1OC(c3ccc(CC4CC5(C4)CC(NC(=O)OCc4ccc(NC(=O)[C@H](CCC(=O)O)NC(=O)CNC(=O)CCC(=O)N6Cc7ccccc7C#Cc7ccccc76)cc4)C5)cc3)O[C@]12C(=O)CO. The number of hydrogen-bond donors (Lipinski definition) is 7. The number of carboxylic acids is 1. The van der Waals surface area contributed by atoms with Crippen molar-refractivity contribution in [1.29, 1.82) is 0 Å². The van der Waals surface area contributed by atoms with Gasteiger partial charge in [0, 0.05) is 64.4 Å². The molecule has 4 aromatic carbocycles. The third-order valence-electron chi connectivity index (χ3n) is 20.8. The number of alkyl carbamates (subject to hydrolysis) is 1. The molecule has 19 heteroatoms. The van der Waals surface area contributed by atoms with Gasteiger partial charge in [0.1, 0.15) is 19.3 Å². The van der Waals surface area contributed by atoms with Gasteiger partial charge in [-0.1, -0.05) is 104 Å². The van der Waals surface area contributed by atoms with Gasteiger partial charge in [-0.25, -0.2) is 4.79 Å². The average molecular weight is 1210 g/mol. The molecule has 1 spiro atoms. The van der Waals surface area contributed by atoms with E-state index in [9.17, 15) is 53.7 Å². The Morgan fingerprint density at radius 3 is 2.30 bits per heavy atom. The first-order valence-corrected chi connectivity index (χ1v) is 31.0. The lowest BCUT2D eigenvalue weighted by molar-refractivity contribution is -0.201. The molecule has 12 rings (SSSR count). The fraction of sp³-hybridized carbons (Fsp3) is 0.457. The van der Waals surface area contributed by atoms with Crippen LogP contribution in [-0.2, 0) is 67.3 Å². The molecule has 5 amide bonds. The molecule has 5 saturated carbocycles. The minimum absolute atomic E-state index is 0.00403. The van der Waals surface area contributed by atoms with Crippen molar-refractivity contribution in [3.63, 3.8) is 0 Å². The zero-order valence-electron chi connectivity index (χ0n) is 50.0. The Bertz CT molecular complexity index is 3610. The number of aliphatic hydroxyl groups is 2. The number of benzene rings is 4. The lowest BCUT2D eigenvalue weighted by Gasteiger charge is -2.59. The smallest absolute Gasteiger partial charge is 0.407 e. The minimum atomic E-state index is -1.42. The molecule has 1 saturated heterocycles. The Labute approximate surface area is 516 Å². The number of fused-ring (bicyclic) bond motifs is 9. The van der Waals surface area contributed by atoms with E-state index in [1.54, 1.807) is 47.4 Å². The Hall–Kier alpha value is -8.28. The first kappa shape index (κ1) is 61.0. The summed E-state index contributed by atoms with van der Waals surface area (Å²) in [6.07, 6.45) is 8.75. The predicted octanol–water partition coefficient (Wildman–Crippen LogP) is 7.45. The van der Waals surface area contributed by atoms with Crippen molar-refractivity contribution in [2.24, 2.45) is 39.9 Å². The van der Waals surface area contributed by atoms with Gasteiger partial charge in [0.2, 0.25) is 23.6 Å². The number of amides is 5. The van der Waals surface area contributed by atoms with Gasteiger partial charge in [-0.3, -0.25) is 33.6 Å². The number of rotatable bonds is 19. The molecule has 19 nitrogen and oxygen atoms in total. The minimum Gasteiger partial charge on any atom is -0.481 e. The summed E-state index contributed by atoms with van der Waals surface area (Å²) in [4.78, 5) is 105. The molecule has 0 aromatic heterocycles. The zero-order valence-corrected chi connectivity index (χ0v) is 50.0. The van der Waals surface area contributed by atoms with Crippen LogP contribution in [0.2, 0.25) is 0 Å². The number of allylic oxidation sites excluding steroid dienone is 4. The van der Waals surface area contributed by atoms with Crippen molar-refractivity contribution in [2.45, 2.75) is 147 Å². The number of nitrogens with zero attached hydrogens (tertiary/aromatic N) is 1. The number of hydrogen-bond acceptors (Lipinski definition) is 13. The van der Waals surface area contributed by atoms with Crippen molar-refractivity contribution >= 4 is 58.6 Å².